The molecule has 2 rings (SSSR count). The molecule has 22 heavy (non-hydrogen) atoms. The summed E-state index contributed by atoms with van der Waals surface area (Å²) in [5.41, 5.74) is -0.127. The number of rotatable bonds is 5. The molecule has 0 aliphatic heterocycles. The molecule has 1 aliphatic carbocycles. The number of aromatic nitrogens is 1. The number of hydrogen-bond donors (Lipinski definition) is 0. The van der Waals surface area contributed by atoms with Crippen LogP contribution in [-0.4, -0.2) is 31.1 Å². The van der Waals surface area contributed by atoms with Gasteiger partial charge in [0.25, 0.3) is 3.79 Å². The van der Waals surface area contributed by atoms with Crippen molar-refractivity contribution in [2.45, 2.75) is 33.4 Å². The Balaban J connectivity index is 2.08. The zero-order chi connectivity index (χ0) is 16.8. The molecule has 0 bridgehead atoms. The van der Waals surface area contributed by atoms with E-state index in [0.29, 0.717) is 0 Å². The Morgan fingerprint density at radius 3 is 2.32 bits per heavy atom. The Kier molecular flexibility index (Phi) is 5.02. The predicted octanol–water partition coefficient (Wildman–Crippen LogP) is 4.27. The van der Waals surface area contributed by atoms with Gasteiger partial charge in [-0.05, 0) is 25.8 Å². The van der Waals surface area contributed by atoms with Crippen LogP contribution in [0.5, 0.6) is 0 Å². The van der Waals surface area contributed by atoms with E-state index in [1.807, 2.05) is 0 Å². The third-order valence-electron chi connectivity index (χ3n) is 3.42. The molecular weight excluding hydrogens is 395 g/mol. The molecule has 1 saturated carbocycles. The Morgan fingerprint density at radius 2 is 1.86 bits per heavy atom. The lowest BCUT2D eigenvalue weighted by atomic mass is 10.2. The summed E-state index contributed by atoms with van der Waals surface area (Å²) in [4.78, 5) is 23.5. The maximum atomic E-state index is 11.9. The largest absolute Gasteiger partial charge is 0.461 e. The number of esters is 1. The van der Waals surface area contributed by atoms with Crippen molar-refractivity contribution in [2.75, 3.05) is 6.61 Å². The fourth-order valence-corrected chi connectivity index (χ4v) is 2.37. The number of hydrogen-bond acceptors (Lipinski definition) is 3. The molecule has 1 heterocycles. The standard InChI is InChI=1S/C13H12Cl5NO3/c1-11(14,15)10(21)22-7-12(3-4-12)19-5-2-8(6-19)9(20)13(16,17)18/h2,5-6H,3-4,7H2,1H3. The monoisotopic (exact) mass is 405 g/mol. The lowest BCUT2D eigenvalue weighted by Gasteiger charge is -2.20. The first-order chi connectivity index (χ1) is 9.96. The van der Waals surface area contributed by atoms with Gasteiger partial charge >= 0.3 is 5.97 Å². The second-order valence-corrected chi connectivity index (χ2v) is 9.31. The molecule has 0 unspecified atom stereocenters. The second-order valence-electron chi connectivity index (χ2n) is 5.32. The van der Waals surface area contributed by atoms with E-state index in [1.165, 1.54) is 6.92 Å². The lowest BCUT2D eigenvalue weighted by molar-refractivity contribution is -0.145. The van der Waals surface area contributed by atoms with Crippen LogP contribution >= 0.6 is 58.0 Å². The smallest absolute Gasteiger partial charge is 0.342 e. The van der Waals surface area contributed by atoms with Gasteiger partial charge in [0, 0.05) is 18.0 Å². The maximum Gasteiger partial charge on any atom is 0.342 e. The third-order valence-corrected chi connectivity index (χ3v) is 4.24. The summed E-state index contributed by atoms with van der Waals surface area (Å²) in [6.45, 7) is 1.45. The van der Waals surface area contributed by atoms with Crippen molar-refractivity contribution < 1.29 is 14.3 Å². The number of ether oxygens (including phenoxy) is 1. The number of ketones is 1. The average Bonchev–Trinajstić information content (AvgIpc) is 3.01. The Labute approximate surface area is 152 Å². The Morgan fingerprint density at radius 1 is 1.27 bits per heavy atom. The number of halogens is 5. The van der Waals surface area contributed by atoms with E-state index in [-0.39, 0.29) is 12.2 Å². The van der Waals surface area contributed by atoms with E-state index in [4.69, 9.17) is 62.7 Å². The second kappa shape index (κ2) is 6.06. The molecule has 4 nitrogen and oxygen atoms in total. The number of alkyl halides is 5. The highest BCUT2D eigenvalue weighted by atomic mass is 35.6. The zero-order valence-electron chi connectivity index (χ0n) is 11.4. The Hall–Kier alpha value is -0.130. The molecule has 122 valence electrons. The van der Waals surface area contributed by atoms with Gasteiger partial charge in [-0.1, -0.05) is 58.0 Å². The highest BCUT2D eigenvalue weighted by Gasteiger charge is 2.47. The van der Waals surface area contributed by atoms with E-state index < -0.39 is 25.4 Å². The minimum atomic E-state index is -2.01. The molecule has 9 heteroatoms. The van der Waals surface area contributed by atoms with Gasteiger partial charge in [0.2, 0.25) is 10.1 Å². The van der Waals surface area contributed by atoms with Gasteiger partial charge in [-0.3, -0.25) is 4.79 Å². The van der Waals surface area contributed by atoms with Crippen LogP contribution in [0.1, 0.15) is 30.1 Å². The molecule has 1 fully saturated rings. The highest BCUT2D eigenvalue weighted by molar-refractivity contribution is 6.77. The zero-order valence-corrected chi connectivity index (χ0v) is 15.2. The van der Waals surface area contributed by atoms with Gasteiger partial charge in [0.1, 0.15) is 6.61 Å². The Bertz CT molecular complexity index is 596. The summed E-state index contributed by atoms with van der Waals surface area (Å²) in [5.74, 6) is -1.33. The minimum Gasteiger partial charge on any atom is -0.461 e. The molecule has 0 amide bonds. The van der Waals surface area contributed by atoms with E-state index >= 15 is 0 Å². The number of carbonyl (C=O) groups is 2. The molecule has 1 aromatic heterocycles. The van der Waals surface area contributed by atoms with Crippen LogP contribution in [0.4, 0.5) is 0 Å². The van der Waals surface area contributed by atoms with Crippen LogP contribution in [0.3, 0.4) is 0 Å². The minimum absolute atomic E-state index is 0.108. The lowest BCUT2D eigenvalue weighted by Crippen LogP contribution is -2.30. The summed E-state index contributed by atoms with van der Waals surface area (Å²) < 4.78 is 3.32. The fraction of sp³-hybridized carbons (Fsp3) is 0.538. The quantitative estimate of drug-likeness (QED) is 0.416. The summed E-state index contributed by atoms with van der Waals surface area (Å²) in [6.07, 6.45) is 4.84. The van der Waals surface area contributed by atoms with Gasteiger partial charge in [-0.15, -0.1) is 0 Å². The molecule has 0 radical (unpaired) electrons. The van der Waals surface area contributed by atoms with Gasteiger partial charge in [-0.2, -0.15) is 0 Å². The molecule has 0 saturated heterocycles. The van der Waals surface area contributed by atoms with Gasteiger partial charge in [0.05, 0.1) is 5.54 Å². The van der Waals surface area contributed by atoms with Crippen LogP contribution in [0.25, 0.3) is 0 Å². The number of nitrogens with zero attached hydrogens (tertiary/aromatic N) is 1. The van der Waals surface area contributed by atoms with Gasteiger partial charge in [0.15, 0.2) is 0 Å². The highest BCUT2D eigenvalue weighted by Crippen LogP contribution is 2.44. The van der Waals surface area contributed by atoms with E-state index in [1.54, 1.807) is 23.0 Å². The van der Waals surface area contributed by atoms with Crippen LogP contribution < -0.4 is 0 Å². The van der Waals surface area contributed by atoms with Crippen molar-refractivity contribution in [1.29, 1.82) is 0 Å². The molecule has 1 aliphatic rings. The summed E-state index contributed by atoms with van der Waals surface area (Å²) >= 11 is 28.1. The SMILES string of the molecule is CC(Cl)(Cl)C(=O)OCC1(n2ccc(C(=O)C(Cl)(Cl)Cl)c2)CC1. The van der Waals surface area contributed by atoms with Crippen LogP contribution in [0.15, 0.2) is 18.5 Å². The van der Waals surface area contributed by atoms with Crippen molar-refractivity contribution in [3.8, 4) is 0 Å². The van der Waals surface area contributed by atoms with Crippen LogP contribution in [0, 0.1) is 0 Å². The number of Topliss-reactive ketones (excluding diaryl/α,β-unsaturated/α-hetero) is 1. The average molecular weight is 408 g/mol. The summed E-state index contributed by atoms with van der Waals surface area (Å²) in [5, 5.41) is 0. The first-order valence-corrected chi connectivity index (χ1v) is 8.20. The first-order valence-electron chi connectivity index (χ1n) is 6.31. The van der Waals surface area contributed by atoms with Crippen LogP contribution in [0.2, 0.25) is 0 Å². The third kappa shape index (κ3) is 4.04. The van der Waals surface area contributed by atoms with Crippen molar-refractivity contribution in [3.05, 3.63) is 24.0 Å². The van der Waals surface area contributed by atoms with Crippen LogP contribution in [-0.2, 0) is 15.1 Å². The number of carbonyl (C=O) groups excluding carboxylic acids is 2. The topological polar surface area (TPSA) is 48.3 Å². The van der Waals surface area contributed by atoms with Gasteiger partial charge in [-0.25, -0.2) is 4.79 Å². The summed E-state index contributed by atoms with van der Waals surface area (Å²) in [7, 11) is 0. The first kappa shape index (κ1) is 18.2. The molecule has 0 spiro atoms. The van der Waals surface area contributed by atoms with Gasteiger partial charge < -0.3 is 9.30 Å². The molecular formula is C13H12Cl5NO3. The molecule has 1 aromatic rings. The fourth-order valence-electron chi connectivity index (χ4n) is 1.94. The van der Waals surface area contributed by atoms with Crippen molar-refractivity contribution in [2.24, 2.45) is 0 Å². The molecule has 0 atom stereocenters. The van der Waals surface area contributed by atoms with Crippen molar-refractivity contribution >= 4 is 69.8 Å². The van der Waals surface area contributed by atoms with E-state index in [2.05, 4.69) is 0 Å². The summed E-state index contributed by atoms with van der Waals surface area (Å²) in [6, 6.07) is 1.55. The van der Waals surface area contributed by atoms with Crippen molar-refractivity contribution in [3.63, 3.8) is 0 Å². The maximum absolute atomic E-state index is 11.9. The molecule has 0 N–H and O–H groups in total. The van der Waals surface area contributed by atoms with E-state index in [9.17, 15) is 9.59 Å². The normalized spacial score (nSPS) is 17.2. The predicted molar refractivity (Wildman–Crippen MR) is 87.3 cm³/mol. The van der Waals surface area contributed by atoms with E-state index in [0.717, 1.165) is 12.8 Å². The molecule has 0 aromatic carbocycles. The van der Waals surface area contributed by atoms with Crippen molar-refractivity contribution in [1.82, 2.24) is 4.57 Å².